The van der Waals surface area contributed by atoms with E-state index in [0.29, 0.717) is 6.42 Å². The van der Waals surface area contributed by atoms with Gasteiger partial charge in [-0.15, -0.1) is 0 Å². The van der Waals surface area contributed by atoms with E-state index in [-0.39, 0.29) is 0 Å². The van der Waals surface area contributed by atoms with Gasteiger partial charge in [-0.2, -0.15) is 0 Å². The Hall–Kier alpha value is -0.520. The van der Waals surface area contributed by atoms with Gasteiger partial charge < -0.3 is 0 Å². The average molecular weight is 66.1 g/mol. The van der Waals surface area contributed by atoms with E-state index in [1.54, 1.807) is 0 Å². The van der Waals surface area contributed by atoms with Gasteiger partial charge in [-0.1, -0.05) is 25.3 Å². The van der Waals surface area contributed by atoms with E-state index in [9.17, 15) is 0 Å². The first-order chi connectivity index (χ1) is 2.41. The number of rotatable bonds is 2. The summed E-state index contributed by atoms with van der Waals surface area (Å²) in [5, 5.41) is 0. The van der Waals surface area contributed by atoms with Gasteiger partial charge in [-0.3, -0.25) is 0 Å². The summed E-state index contributed by atoms with van der Waals surface area (Å²) in [6.07, 6.45) is 3.69. The van der Waals surface area contributed by atoms with E-state index in [1.807, 2.05) is 0 Å². The highest BCUT2D eigenvalue weighted by atomic mass is 13.6. The Labute approximate surface area is 32.8 Å². The lowest BCUT2D eigenvalue weighted by atomic mass is 10.4. The van der Waals surface area contributed by atoms with Crippen molar-refractivity contribution in [1.82, 2.24) is 0 Å². The molecule has 0 spiro atoms. The molecule has 0 bridgehead atoms. The van der Waals surface area contributed by atoms with Crippen LogP contribution < -0.4 is 0 Å². The van der Waals surface area contributed by atoms with E-state index >= 15 is 0 Å². The molecule has 0 rings (SSSR count). The highest BCUT2D eigenvalue weighted by Gasteiger charge is 1.53. The summed E-state index contributed by atoms with van der Waals surface area (Å²) in [4.78, 5) is 0. The molecule has 0 atom stereocenters. The van der Waals surface area contributed by atoms with Crippen LogP contribution in [0.25, 0.3) is 0 Å². The van der Waals surface area contributed by atoms with Crippen LogP contribution in [0.1, 0.15) is 6.42 Å². The molecule has 0 N–H and O–H groups in total. The van der Waals surface area contributed by atoms with Crippen molar-refractivity contribution in [3.63, 3.8) is 0 Å². The molecule has 0 heteroatoms. The van der Waals surface area contributed by atoms with Crippen molar-refractivity contribution in [2.75, 3.05) is 0 Å². The van der Waals surface area contributed by atoms with Crippen molar-refractivity contribution < 1.29 is 0 Å². The smallest absolute Gasteiger partial charge is 0.0163 e. The lowest BCUT2D eigenvalue weighted by molar-refractivity contribution is 1.41. The van der Waals surface area contributed by atoms with Crippen LogP contribution in [0.2, 0.25) is 0 Å². The van der Waals surface area contributed by atoms with E-state index < -0.39 is 0 Å². The molecule has 0 aliphatic heterocycles. The molecule has 0 saturated carbocycles. The SMILES string of the molecule is [CH]=CCC=[CH]. The Morgan fingerprint density at radius 3 is 1.60 bits per heavy atom. The van der Waals surface area contributed by atoms with Gasteiger partial charge in [-0.05, 0) is 6.42 Å². The van der Waals surface area contributed by atoms with Crippen LogP contribution in [0.3, 0.4) is 0 Å². The molecular formula is C5H6. The lowest BCUT2D eigenvalue weighted by Gasteiger charge is -1.63. The average Bonchev–Trinajstić information content (AvgIpc) is 1.41. The Morgan fingerprint density at radius 1 is 1.20 bits per heavy atom. The molecule has 0 amide bonds. The monoisotopic (exact) mass is 66.0 g/mol. The van der Waals surface area contributed by atoms with Crippen LogP contribution in [0, 0.1) is 13.2 Å². The van der Waals surface area contributed by atoms with E-state index in [4.69, 9.17) is 13.2 Å². The van der Waals surface area contributed by atoms with Gasteiger partial charge in [0.05, 0.1) is 0 Å². The van der Waals surface area contributed by atoms with Crippen LogP contribution in [-0.2, 0) is 0 Å². The van der Waals surface area contributed by atoms with Crippen molar-refractivity contribution in [3.8, 4) is 0 Å². The fourth-order valence-corrected chi connectivity index (χ4v) is 0.0786. The van der Waals surface area contributed by atoms with Crippen LogP contribution in [0.15, 0.2) is 12.2 Å². The van der Waals surface area contributed by atoms with Gasteiger partial charge in [-0.25, -0.2) is 0 Å². The Balaban J connectivity index is 2.65. The molecule has 0 unspecified atom stereocenters. The fraction of sp³-hybridized carbons (Fsp3) is 0.200. The van der Waals surface area contributed by atoms with Crippen LogP contribution >= 0.6 is 0 Å². The third-order valence-corrected chi connectivity index (χ3v) is 0.272. The van der Waals surface area contributed by atoms with Crippen molar-refractivity contribution in [1.29, 1.82) is 0 Å². The summed E-state index contributed by atoms with van der Waals surface area (Å²) in [6.45, 7) is 9.81. The molecule has 0 aromatic heterocycles. The molecule has 2 radical (unpaired) electrons. The van der Waals surface area contributed by atoms with Crippen molar-refractivity contribution >= 4 is 0 Å². The Kier molecular flexibility index (Phi) is 3.12. The highest BCUT2D eigenvalue weighted by molar-refractivity contribution is 4.74. The second-order valence-electron chi connectivity index (χ2n) is 0.707. The molecular weight excluding hydrogens is 60.1 g/mol. The molecule has 0 aliphatic carbocycles. The highest BCUT2D eigenvalue weighted by Crippen LogP contribution is 1.73. The number of allylic oxidation sites excluding steroid dienone is 2. The lowest BCUT2D eigenvalue weighted by Crippen LogP contribution is -1.44. The Morgan fingerprint density at radius 2 is 1.60 bits per heavy atom. The largest absolute Gasteiger partial charge is 0.0808 e. The maximum atomic E-state index is 4.90. The molecule has 0 fully saturated rings. The van der Waals surface area contributed by atoms with Crippen LogP contribution in [0.5, 0.6) is 0 Å². The summed E-state index contributed by atoms with van der Waals surface area (Å²) in [5.41, 5.74) is 0. The fourth-order valence-electron chi connectivity index (χ4n) is 0.0786. The summed E-state index contributed by atoms with van der Waals surface area (Å²) in [7, 11) is 0. The standard InChI is InChI=1S/C5H6/c1-3-5-4-2/h1-4H,5H2. The summed E-state index contributed by atoms with van der Waals surface area (Å²) in [6, 6.07) is 0. The quantitative estimate of drug-likeness (QED) is 0.456. The zero-order valence-electron chi connectivity index (χ0n) is 3.02. The molecule has 0 nitrogen and oxygen atoms in total. The predicted octanol–water partition coefficient (Wildman–Crippen LogP) is 1.35. The van der Waals surface area contributed by atoms with E-state index in [1.165, 1.54) is 12.2 Å². The Bertz CT molecular complexity index is 29.3. The zero-order valence-corrected chi connectivity index (χ0v) is 3.02. The minimum Gasteiger partial charge on any atom is -0.0808 e. The van der Waals surface area contributed by atoms with Crippen LogP contribution in [-0.4, -0.2) is 0 Å². The molecule has 0 heterocycles. The normalized spacial score (nSPS) is 6.40. The minimum atomic E-state index is 0.694. The third-order valence-electron chi connectivity index (χ3n) is 0.272. The van der Waals surface area contributed by atoms with Gasteiger partial charge in [0, 0.05) is 0 Å². The first kappa shape index (κ1) is 4.48. The van der Waals surface area contributed by atoms with Gasteiger partial charge in [0.2, 0.25) is 0 Å². The maximum Gasteiger partial charge on any atom is -0.0163 e. The minimum absolute atomic E-state index is 0.694. The number of hydrogen-bond acceptors (Lipinski definition) is 0. The van der Waals surface area contributed by atoms with Crippen molar-refractivity contribution in [3.05, 3.63) is 25.3 Å². The van der Waals surface area contributed by atoms with Gasteiger partial charge in [0.1, 0.15) is 0 Å². The third kappa shape index (κ3) is 3.48. The first-order valence-electron chi connectivity index (χ1n) is 1.48. The molecule has 26 valence electrons. The molecule has 5 heavy (non-hydrogen) atoms. The van der Waals surface area contributed by atoms with Gasteiger partial charge >= 0.3 is 0 Å². The summed E-state index contributed by atoms with van der Waals surface area (Å²) in [5.74, 6) is 0. The van der Waals surface area contributed by atoms with Gasteiger partial charge in [0.25, 0.3) is 0 Å². The second kappa shape index (κ2) is 3.48. The summed E-state index contributed by atoms with van der Waals surface area (Å²) < 4.78 is 0. The summed E-state index contributed by atoms with van der Waals surface area (Å²) >= 11 is 0. The number of hydrogen-bond donors (Lipinski definition) is 0. The van der Waals surface area contributed by atoms with E-state index in [2.05, 4.69) is 0 Å². The molecule has 0 aromatic carbocycles. The second-order valence-corrected chi connectivity index (χ2v) is 0.707. The zero-order chi connectivity index (χ0) is 4.12. The molecule has 0 saturated heterocycles. The molecule has 0 aromatic rings. The topological polar surface area (TPSA) is 0 Å². The maximum absolute atomic E-state index is 4.90. The predicted molar refractivity (Wildman–Crippen MR) is 22.4 cm³/mol. The van der Waals surface area contributed by atoms with Gasteiger partial charge in [0.15, 0.2) is 0 Å². The van der Waals surface area contributed by atoms with E-state index in [0.717, 1.165) is 0 Å². The van der Waals surface area contributed by atoms with Crippen molar-refractivity contribution in [2.24, 2.45) is 0 Å². The van der Waals surface area contributed by atoms with Crippen molar-refractivity contribution in [2.45, 2.75) is 6.42 Å². The molecule has 0 aliphatic rings. The first-order valence-corrected chi connectivity index (χ1v) is 1.48. The van der Waals surface area contributed by atoms with Crippen LogP contribution in [0.4, 0.5) is 0 Å².